The predicted octanol–water partition coefficient (Wildman–Crippen LogP) is 1.30. The summed E-state index contributed by atoms with van der Waals surface area (Å²) in [5, 5.41) is 2.80. The van der Waals surface area contributed by atoms with Gasteiger partial charge < -0.3 is 16.0 Å². The molecular formula is C14H28ClN3O2. The van der Waals surface area contributed by atoms with E-state index in [1.807, 2.05) is 18.7 Å². The fourth-order valence-electron chi connectivity index (χ4n) is 2.47. The van der Waals surface area contributed by atoms with E-state index in [1.54, 1.807) is 0 Å². The Morgan fingerprint density at radius 2 is 2.05 bits per heavy atom. The molecular weight excluding hydrogens is 278 g/mol. The molecule has 0 aromatic carbocycles. The molecule has 1 aliphatic heterocycles. The van der Waals surface area contributed by atoms with Gasteiger partial charge in [0.2, 0.25) is 11.8 Å². The van der Waals surface area contributed by atoms with Crippen molar-refractivity contribution in [1.29, 1.82) is 0 Å². The molecule has 0 bridgehead atoms. The lowest BCUT2D eigenvalue weighted by molar-refractivity contribution is -0.134. The molecule has 1 heterocycles. The quantitative estimate of drug-likeness (QED) is 0.776. The van der Waals surface area contributed by atoms with E-state index in [4.69, 9.17) is 5.73 Å². The molecule has 1 fully saturated rings. The number of carbonyl (C=O) groups is 2. The average Bonchev–Trinajstić information content (AvgIpc) is 2.37. The number of amides is 2. The Balaban J connectivity index is 0.00000361. The van der Waals surface area contributed by atoms with E-state index in [2.05, 4.69) is 5.32 Å². The molecule has 1 unspecified atom stereocenters. The van der Waals surface area contributed by atoms with Gasteiger partial charge in [0, 0.05) is 38.5 Å². The number of hydrogen-bond donors (Lipinski definition) is 2. The number of halogens is 1. The van der Waals surface area contributed by atoms with Crippen LogP contribution in [-0.4, -0.2) is 42.4 Å². The second-order valence-corrected chi connectivity index (χ2v) is 5.67. The van der Waals surface area contributed by atoms with Crippen molar-refractivity contribution in [2.45, 2.75) is 52.0 Å². The van der Waals surface area contributed by atoms with Gasteiger partial charge in [-0.2, -0.15) is 0 Å². The standard InChI is InChI=1S/C14H27N3O2.ClH/c1-11(2)9-13(18)16-7-6-14(19)17-8-4-3-5-12(17)10-15;/h11-12H,3-10,15H2,1-2H3,(H,16,18);1H. The van der Waals surface area contributed by atoms with Crippen molar-refractivity contribution in [2.24, 2.45) is 11.7 Å². The summed E-state index contributed by atoms with van der Waals surface area (Å²) < 4.78 is 0. The first-order chi connectivity index (χ1) is 9.04. The van der Waals surface area contributed by atoms with E-state index in [-0.39, 0.29) is 30.3 Å². The minimum Gasteiger partial charge on any atom is -0.356 e. The Morgan fingerprint density at radius 1 is 1.35 bits per heavy atom. The summed E-state index contributed by atoms with van der Waals surface area (Å²) in [6.45, 7) is 5.78. The number of likely N-dealkylation sites (tertiary alicyclic amines) is 1. The average molecular weight is 306 g/mol. The second kappa shape index (κ2) is 10.00. The van der Waals surface area contributed by atoms with Crippen molar-refractivity contribution in [3.8, 4) is 0 Å². The highest BCUT2D eigenvalue weighted by atomic mass is 35.5. The van der Waals surface area contributed by atoms with E-state index in [0.717, 1.165) is 25.8 Å². The normalized spacial score (nSPS) is 18.6. The van der Waals surface area contributed by atoms with Crippen molar-refractivity contribution in [1.82, 2.24) is 10.2 Å². The van der Waals surface area contributed by atoms with E-state index in [9.17, 15) is 9.59 Å². The molecule has 0 spiro atoms. The molecule has 0 aliphatic carbocycles. The third kappa shape index (κ3) is 6.57. The molecule has 1 atom stereocenters. The highest BCUT2D eigenvalue weighted by Gasteiger charge is 2.24. The molecule has 0 aromatic rings. The Hall–Kier alpha value is -0.810. The maximum atomic E-state index is 12.1. The van der Waals surface area contributed by atoms with Crippen LogP contribution < -0.4 is 11.1 Å². The molecule has 0 saturated carbocycles. The van der Waals surface area contributed by atoms with Crippen molar-refractivity contribution in [3.05, 3.63) is 0 Å². The van der Waals surface area contributed by atoms with Crippen LogP contribution in [0, 0.1) is 5.92 Å². The van der Waals surface area contributed by atoms with Gasteiger partial charge in [0.15, 0.2) is 0 Å². The Bertz CT molecular complexity index is 311. The maximum Gasteiger partial charge on any atom is 0.224 e. The summed E-state index contributed by atoms with van der Waals surface area (Å²) in [4.78, 5) is 25.5. The molecule has 0 radical (unpaired) electrons. The van der Waals surface area contributed by atoms with Crippen molar-refractivity contribution < 1.29 is 9.59 Å². The number of hydrogen-bond acceptors (Lipinski definition) is 3. The third-order valence-corrected chi connectivity index (χ3v) is 3.47. The first-order valence-corrected chi connectivity index (χ1v) is 7.30. The molecule has 1 aliphatic rings. The van der Waals surface area contributed by atoms with Crippen LogP contribution >= 0.6 is 12.4 Å². The van der Waals surface area contributed by atoms with Gasteiger partial charge in [-0.3, -0.25) is 9.59 Å². The molecule has 118 valence electrons. The zero-order chi connectivity index (χ0) is 14.3. The number of rotatable bonds is 6. The summed E-state index contributed by atoms with van der Waals surface area (Å²) in [5.41, 5.74) is 5.70. The molecule has 6 heteroatoms. The minimum absolute atomic E-state index is 0. The zero-order valence-corrected chi connectivity index (χ0v) is 13.4. The van der Waals surface area contributed by atoms with Gasteiger partial charge >= 0.3 is 0 Å². The zero-order valence-electron chi connectivity index (χ0n) is 12.6. The number of nitrogens with zero attached hydrogens (tertiary/aromatic N) is 1. The number of piperidine rings is 1. The Labute approximate surface area is 128 Å². The lowest BCUT2D eigenvalue weighted by Crippen LogP contribution is -2.48. The smallest absolute Gasteiger partial charge is 0.224 e. The van der Waals surface area contributed by atoms with Gasteiger partial charge in [-0.15, -0.1) is 12.4 Å². The van der Waals surface area contributed by atoms with Gasteiger partial charge in [0.05, 0.1) is 0 Å². The van der Waals surface area contributed by atoms with Crippen LogP contribution in [0.15, 0.2) is 0 Å². The molecule has 3 N–H and O–H groups in total. The summed E-state index contributed by atoms with van der Waals surface area (Å²) >= 11 is 0. The van der Waals surface area contributed by atoms with Gasteiger partial charge in [0.1, 0.15) is 0 Å². The molecule has 20 heavy (non-hydrogen) atoms. The monoisotopic (exact) mass is 305 g/mol. The number of nitrogens with one attached hydrogen (secondary N) is 1. The predicted molar refractivity (Wildman–Crippen MR) is 82.7 cm³/mol. The van der Waals surface area contributed by atoms with E-state index < -0.39 is 0 Å². The maximum absolute atomic E-state index is 12.1. The first kappa shape index (κ1) is 19.2. The molecule has 5 nitrogen and oxygen atoms in total. The van der Waals surface area contributed by atoms with Gasteiger partial charge in [-0.05, 0) is 25.2 Å². The van der Waals surface area contributed by atoms with Crippen molar-refractivity contribution in [3.63, 3.8) is 0 Å². The lowest BCUT2D eigenvalue weighted by Gasteiger charge is -2.35. The van der Waals surface area contributed by atoms with Crippen LogP contribution in [0.1, 0.15) is 46.0 Å². The Morgan fingerprint density at radius 3 is 2.65 bits per heavy atom. The largest absolute Gasteiger partial charge is 0.356 e. The van der Waals surface area contributed by atoms with E-state index in [1.165, 1.54) is 0 Å². The minimum atomic E-state index is 0. The second-order valence-electron chi connectivity index (χ2n) is 5.67. The van der Waals surface area contributed by atoms with E-state index in [0.29, 0.717) is 31.8 Å². The summed E-state index contributed by atoms with van der Waals surface area (Å²) in [7, 11) is 0. The molecule has 0 aromatic heterocycles. The van der Waals surface area contributed by atoms with Crippen LogP contribution in [0.3, 0.4) is 0 Å². The number of nitrogens with two attached hydrogens (primary N) is 1. The van der Waals surface area contributed by atoms with Crippen molar-refractivity contribution >= 4 is 24.2 Å². The summed E-state index contributed by atoms with van der Waals surface area (Å²) in [6, 6.07) is 0.188. The van der Waals surface area contributed by atoms with Gasteiger partial charge in [-0.1, -0.05) is 13.8 Å². The number of carbonyl (C=O) groups excluding carboxylic acids is 2. The molecule has 1 rings (SSSR count). The lowest BCUT2D eigenvalue weighted by atomic mass is 10.0. The third-order valence-electron chi connectivity index (χ3n) is 3.47. The van der Waals surface area contributed by atoms with Crippen molar-refractivity contribution in [2.75, 3.05) is 19.6 Å². The van der Waals surface area contributed by atoms with Gasteiger partial charge in [-0.25, -0.2) is 0 Å². The SMILES string of the molecule is CC(C)CC(=O)NCCC(=O)N1CCCCC1CN.Cl. The van der Waals surface area contributed by atoms with Crippen LogP contribution in [0.2, 0.25) is 0 Å². The summed E-state index contributed by atoms with van der Waals surface area (Å²) in [5.74, 6) is 0.483. The van der Waals surface area contributed by atoms with Gasteiger partial charge in [0.25, 0.3) is 0 Å². The highest BCUT2D eigenvalue weighted by molar-refractivity contribution is 5.85. The molecule has 2 amide bonds. The summed E-state index contributed by atoms with van der Waals surface area (Å²) in [6.07, 6.45) is 4.10. The van der Waals surface area contributed by atoms with Crippen LogP contribution in [-0.2, 0) is 9.59 Å². The topological polar surface area (TPSA) is 75.4 Å². The van der Waals surface area contributed by atoms with Crippen LogP contribution in [0.25, 0.3) is 0 Å². The van der Waals surface area contributed by atoms with E-state index >= 15 is 0 Å². The highest BCUT2D eigenvalue weighted by Crippen LogP contribution is 2.16. The Kier molecular flexibility index (Phi) is 9.59. The first-order valence-electron chi connectivity index (χ1n) is 7.30. The van der Waals surface area contributed by atoms with Crippen LogP contribution in [0.5, 0.6) is 0 Å². The molecule has 1 saturated heterocycles. The fraction of sp³-hybridized carbons (Fsp3) is 0.857. The van der Waals surface area contributed by atoms with Crippen LogP contribution in [0.4, 0.5) is 0 Å². The fourth-order valence-corrected chi connectivity index (χ4v) is 2.47.